The van der Waals surface area contributed by atoms with E-state index in [1.165, 1.54) is 51.4 Å². The largest absolute Gasteiger partial charge is 1.00 e. The molecule has 1 amide bonds. The molecule has 0 rings (SSSR count). The van der Waals surface area contributed by atoms with E-state index in [1.807, 2.05) is 0 Å². The van der Waals surface area contributed by atoms with Crippen LogP contribution in [0.15, 0.2) is 0 Å². The summed E-state index contributed by atoms with van der Waals surface area (Å²) < 4.78 is 0. The molecular formula is C20H44ClN2O3P. The molecule has 164 valence electrons. The van der Waals surface area contributed by atoms with E-state index in [9.17, 15) is 9.59 Å². The van der Waals surface area contributed by atoms with Gasteiger partial charge < -0.3 is 28.6 Å². The molecule has 0 atom stereocenters. The molecule has 0 saturated carbocycles. The number of hydrogen-bond donors (Lipinski definition) is 3. The second kappa shape index (κ2) is 21.9. The minimum Gasteiger partial charge on any atom is -1.00 e. The molecule has 0 aliphatic rings. The monoisotopic (exact) mass is 426 g/mol. The van der Waals surface area contributed by atoms with Gasteiger partial charge in [0.1, 0.15) is 6.54 Å². The van der Waals surface area contributed by atoms with Crippen molar-refractivity contribution in [2.24, 2.45) is 5.73 Å². The number of aliphatic carboxylic acids is 1. The lowest BCUT2D eigenvalue weighted by Gasteiger charge is -2.28. The Labute approximate surface area is 174 Å². The van der Waals surface area contributed by atoms with Crippen LogP contribution in [0, 0.1) is 0 Å². The summed E-state index contributed by atoms with van der Waals surface area (Å²) in [5.41, 5.74) is 4.85. The highest BCUT2D eigenvalue weighted by atomic mass is 35.5. The Hall–Kier alpha value is -0.380. The quantitative estimate of drug-likeness (QED) is 0.345. The SMILES string of the molecule is CCCC[P+](CCCC)(CCCC)CCCC.NCC(=O)NCC(=O)O.[Cl-]. The molecule has 0 spiro atoms. The molecule has 0 aromatic heterocycles. The Morgan fingerprint density at radius 3 is 1.37 bits per heavy atom. The fourth-order valence-electron chi connectivity index (χ4n) is 2.89. The van der Waals surface area contributed by atoms with Gasteiger partial charge in [-0.25, -0.2) is 0 Å². The zero-order valence-electron chi connectivity index (χ0n) is 18.1. The van der Waals surface area contributed by atoms with Crippen molar-refractivity contribution in [2.75, 3.05) is 37.7 Å². The Morgan fingerprint density at radius 2 is 1.15 bits per heavy atom. The third-order valence-corrected chi connectivity index (χ3v) is 9.63. The number of rotatable bonds is 15. The topological polar surface area (TPSA) is 92.4 Å². The van der Waals surface area contributed by atoms with Gasteiger partial charge >= 0.3 is 5.97 Å². The second-order valence-electron chi connectivity index (χ2n) is 7.02. The van der Waals surface area contributed by atoms with E-state index in [4.69, 9.17) is 10.8 Å². The van der Waals surface area contributed by atoms with E-state index in [0.29, 0.717) is 0 Å². The van der Waals surface area contributed by atoms with Crippen LogP contribution in [-0.4, -0.2) is 54.7 Å². The minimum absolute atomic E-state index is 0. The summed E-state index contributed by atoms with van der Waals surface area (Å²) in [6, 6.07) is 0. The maximum absolute atomic E-state index is 10.2. The zero-order valence-corrected chi connectivity index (χ0v) is 19.7. The molecule has 0 bridgehead atoms. The number of carboxylic acids is 1. The maximum Gasteiger partial charge on any atom is 0.322 e. The Kier molecular flexibility index (Phi) is 25.4. The fraction of sp³-hybridized carbons (Fsp3) is 0.900. The highest BCUT2D eigenvalue weighted by Crippen LogP contribution is 2.61. The fourth-order valence-corrected chi connectivity index (χ4v) is 8.18. The van der Waals surface area contributed by atoms with Gasteiger partial charge in [0.25, 0.3) is 0 Å². The average molecular weight is 427 g/mol. The summed E-state index contributed by atoms with van der Waals surface area (Å²) >= 11 is 0. The summed E-state index contributed by atoms with van der Waals surface area (Å²) in [6.45, 7) is 8.88. The number of halogens is 1. The molecule has 0 fully saturated rings. The van der Waals surface area contributed by atoms with Crippen LogP contribution in [-0.2, 0) is 9.59 Å². The molecule has 0 aromatic rings. The lowest BCUT2D eigenvalue weighted by atomic mass is 10.4. The summed E-state index contributed by atoms with van der Waals surface area (Å²) in [7, 11) is -0.562. The average Bonchev–Trinajstić information content (AvgIpc) is 2.65. The summed E-state index contributed by atoms with van der Waals surface area (Å²) in [5, 5.41) is 10.1. The van der Waals surface area contributed by atoms with Crippen molar-refractivity contribution >= 4 is 19.1 Å². The van der Waals surface area contributed by atoms with Gasteiger partial charge in [0.15, 0.2) is 0 Å². The van der Waals surface area contributed by atoms with Crippen molar-refractivity contribution in [3.8, 4) is 0 Å². The number of carbonyl (C=O) groups excluding carboxylic acids is 1. The van der Waals surface area contributed by atoms with Crippen molar-refractivity contribution in [1.82, 2.24) is 5.32 Å². The molecule has 0 aliphatic heterocycles. The van der Waals surface area contributed by atoms with Crippen molar-refractivity contribution < 1.29 is 27.1 Å². The lowest BCUT2D eigenvalue weighted by molar-refractivity contribution is -0.137. The Bertz CT molecular complexity index is 321. The highest BCUT2D eigenvalue weighted by Gasteiger charge is 2.34. The van der Waals surface area contributed by atoms with Gasteiger partial charge in [-0.3, -0.25) is 9.59 Å². The van der Waals surface area contributed by atoms with Crippen molar-refractivity contribution in [2.45, 2.75) is 79.1 Å². The molecule has 4 N–H and O–H groups in total. The normalized spacial score (nSPS) is 10.4. The molecule has 7 heteroatoms. The first-order valence-corrected chi connectivity index (χ1v) is 13.0. The molecule has 0 radical (unpaired) electrons. The first-order valence-electron chi connectivity index (χ1n) is 10.4. The molecule has 0 unspecified atom stereocenters. The molecule has 5 nitrogen and oxygen atoms in total. The molecule has 0 heterocycles. The van der Waals surface area contributed by atoms with Crippen molar-refractivity contribution in [3.05, 3.63) is 0 Å². The van der Waals surface area contributed by atoms with E-state index in [2.05, 4.69) is 33.0 Å². The molecule has 27 heavy (non-hydrogen) atoms. The van der Waals surface area contributed by atoms with Crippen LogP contribution >= 0.6 is 7.26 Å². The zero-order chi connectivity index (χ0) is 20.3. The Morgan fingerprint density at radius 1 is 0.815 bits per heavy atom. The van der Waals surface area contributed by atoms with E-state index in [0.717, 1.165) is 0 Å². The standard InChI is InChI=1S/C16H36P.C4H8N2O3.ClH/c1-5-9-13-17(14-10-6-2,15-11-7-3)16-12-8-4;5-1-3(7)6-2-4(8)9;/h5-16H2,1-4H3;1-2,5H2,(H,6,7)(H,8,9);1H/q+1;;/p-1. The number of nitrogens with one attached hydrogen (secondary N) is 1. The van der Waals surface area contributed by atoms with E-state index in [1.54, 1.807) is 24.6 Å². The van der Waals surface area contributed by atoms with Crippen molar-refractivity contribution in [3.63, 3.8) is 0 Å². The molecule has 0 aliphatic carbocycles. The van der Waals surface area contributed by atoms with Crippen LogP contribution in [0.1, 0.15) is 79.1 Å². The summed E-state index contributed by atoms with van der Waals surface area (Å²) in [4.78, 5) is 20.0. The molecular weight excluding hydrogens is 383 g/mol. The maximum atomic E-state index is 10.2. The number of carboxylic acid groups (broad SMARTS) is 1. The lowest BCUT2D eigenvalue weighted by Crippen LogP contribution is -3.00. The van der Waals surface area contributed by atoms with Crippen LogP contribution in [0.2, 0.25) is 0 Å². The third kappa shape index (κ3) is 20.2. The van der Waals surface area contributed by atoms with Crippen LogP contribution in [0.4, 0.5) is 0 Å². The molecule has 0 aromatic carbocycles. The number of unbranched alkanes of at least 4 members (excludes halogenated alkanes) is 4. The number of amides is 1. The van der Waals surface area contributed by atoms with Gasteiger partial charge in [-0.2, -0.15) is 0 Å². The first-order chi connectivity index (χ1) is 12.4. The van der Waals surface area contributed by atoms with Crippen LogP contribution in [0.3, 0.4) is 0 Å². The summed E-state index contributed by atoms with van der Waals surface area (Å²) in [6.07, 6.45) is 17.9. The highest BCUT2D eigenvalue weighted by molar-refractivity contribution is 7.75. The number of nitrogens with two attached hydrogens (primary N) is 1. The van der Waals surface area contributed by atoms with Gasteiger partial charge in [-0.05, 0) is 25.7 Å². The van der Waals surface area contributed by atoms with Gasteiger partial charge in [0.05, 0.1) is 31.2 Å². The summed E-state index contributed by atoms with van der Waals surface area (Å²) in [5.74, 6) is -1.53. The van der Waals surface area contributed by atoms with Gasteiger partial charge in [-0.15, -0.1) is 0 Å². The number of hydrogen-bond acceptors (Lipinski definition) is 3. The van der Waals surface area contributed by atoms with Gasteiger partial charge in [0.2, 0.25) is 5.91 Å². The van der Waals surface area contributed by atoms with Gasteiger partial charge in [-0.1, -0.05) is 53.4 Å². The van der Waals surface area contributed by atoms with E-state index >= 15 is 0 Å². The molecule has 0 saturated heterocycles. The smallest absolute Gasteiger partial charge is 0.322 e. The van der Waals surface area contributed by atoms with Crippen molar-refractivity contribution in [1.29, 1.82) is 0 Å². The Balaban J connectivity index is -0.000000491. The first kappa shape index (κ1) is 31.3. The van der Waals surface area contributed by atoms with Gasteiger partial charge in [0, 0.05) is 7.26 Å². The third-order valence-electron chi connectivity index (χ3n) is 4.57. The van der Waals surface area contributed by atoms with E-state index < -0.39 is 19.1 Å². The van der Waals surface area contributed by atoms with Crippen LogP contribution < -0.4 is 23.5 Å². The predicted molar refractivity (Wildman–Crippen MR) is 116 cm³/mol. The second-order valence-corrected chi connectivity index (χ2v) is 11.5. The minimum atomic E-state index is -1.07. The number of carbonyl (C=O) groups is 2. The van der Waals surface area contributed by atoms with E-state index in [-0.39, 0.29) is 25.5 Å². The van der Waals surface area contributed by atoms with Crippen LogP contribution in [0.5, 0.6) is 0 Å². The predicted octanol–water partition coefficient (Wildman–Crippen LogP) is 1.35. The van der Waals surface area contributed by atoms with Crippen LogP contribution in [0.25, 0.3) is 0 Å².